The number of ketones is 3. The van der Waals surface area contributed by atoms with Gasteiger partial charge in [0.2, 0.25) is 27.9 Å². The van der Waals surface area contributed by atoms with Crippen LogP contribution in [0.2, 0.25) is 5.02 Å². The number of thioether (sulfide) groups is 1. The van der Waals surface area contributed by atoms with Gasteiger partial charge in [0.05, 0.1) is 35.4 Å². The number of phenolic OH excluding ortho intramolecular Hbond substituents is 2. The zero-order valence-corrected chi connectivity index (χ0v) is 30.5. The number of aromatic nitrogens is 1. The molecule has 3 amide bonds. The number of benzene rings is 1. The number of aromatic hydroxyl groups is 2. The van der Waals surface area contributed by atoms with Gasteiger partial charge in [-0.25, -0.2) is 24.4 Å². The zero-order valence-electron chi connectivity index (χ0n) is 28.1. The fourth-order valence-electron chi connectivity index (χ4n) is 5.73. The number of carboxylic acid groups (broad SMARTS) is 2. The van der Waals surface area contributed by atoms with Gasteiger partial charge in [0.25, 0.3) is 0 Å². The monoisotopic (exact) mass is 793 g/mol. The number of nitrogens with zero attached hydrogens (tertiary/aromatic N) is 6. The quantitative estimate of drug-likeness (QED) is 0.0430. The lowest BCUT2D eigenvalue weighted by molar-refractivity contribution is -0.161. The Morgan fingerprint density at radius 2 is 1.87 bits per heavy atom. The fourth-order valence-corrected chi connectivity index (χ4v) is 8.29. The molecule has 0 saturated carbocycles. The van der Waals surface area contributed by atoms with Gasteiger partial charge in [-0.2, -0.15) is 5.10 Å². The van der Waals surface area contributed by atoms with Gasteiger partial charge in [0.15, 0.2) is 28.1 Å². The number of nitrogens with two attached hydrogens (primary N) is 1. The molecule has 0 bridgehead atoms. The third-order valence-corrected chi connectivity index (χ3v) is 11.4. The molecular formula is C31H32ClN7O12S2. The van der Waals surface area contributed by atoms with Crippen LogP contribution in [-0.2, 0) is 28.8 Å². The average Bonchev–Trinajstić information content (AvgIpc) is 3.77. The number of carbonyl (C=O) groups excluding carboxylic acids is 5. The molecule has 0 spiro atoms. The van der Waals surface area contributed by atoms with Crippen LogP contribution in [0.5, 0.6) is 11.5 Å². The fraction of sp³-hybridized carbons (Fsp3) is 0.419. The van der Waals surface area contributed by atoms with Crippen molar-refractivity contribution in [3.8, 4) is 11.5 Å². The number of hydrogen-bond acceptors (Lipinski definition) is 16. The minimum absolute atomic E-state index is 0.00333. The lowest BCUT2D eigenvalue weighted by Gasteiger charge is -2.40. The van der Waals surface area contributed by atoms with Crippen molar-refractivity contribution in [1.29, 1.82) is 0 Å². The number of amides is 3. The van der Waals surface area contributed by atoms with Gasteiger partial charge in [-0.05, 0) is 39.3 Å². The first-order chi connectivity index (χ1) is 24.8. The second-order valence-corrected chi connectivity index (χ2v) is 15.3. The number of fused-ring (bicyclic) bond motifs is 1. The second-order valence-electron chi connectivity index (χ2n) is 12.7. The van der Waals surface area contributed by atoms with E-state index in [0.29, 0.717) is 0 Å². The predicted octanol–water partition coefficient (Wildman–Crippen LogP) is 1.99. The number of nitrogen functional groups attached to an aromatic ring is 1. The minimum atomic E-state index is -1.95. The molecule has 0 radical (unpaired) electrons. The molecule has 3 aliphatic rings. The number of hydrazone groups is 1. The topological polar surface area (TPSA) is 283 Å². The van der Waals surface area contributed by atoms with Crippen LogP contribution in [0, 0.1) is 5.92 Å². The Bertz CT molecular complexity index is 1990. The van der Waals surface area contributed by atoms with Gasteiger partial charge in [-0.3, -0.25) is 24.1 Å². The van der Waals surface area contributed by atoms with Crippen LogP contribution < -0.4 is 5.73 Å². The summed E-state index contributed by atoms with van der Waals surface area (Å²) in [6.45, 7) is 3.58. The summed E-state index contributed by atoms with van der Waals surface area (Å²) in [5.74, 6) is -8.28. The Morgan fingerprint density at radius 1 is 1.17 bits per heavy atom. The number of rotatable bonds is 15. The van der Waals surface area contributed by atoms with Crippen LogP contribution >= 0.6 is 34.7 Å². The number of carboxylic acids is 2. The maximum Gasteiger partial charge on any atom is 0.350 e. The van der Waals surface area contributed by atoms with Gasteiger partial charge in [0.1, 0.15) is 5.69 Å². The number of thiazole rings is 1. The van der Waals surface area contributed by atoms with E-state index in [1.54, 1.807) is 6.92 Å². The van der Waals surface area contributed by atoms with Crippen molar-refractivity contribution in [2.45, 2.75) is 61.9 Å². The lowest BCUT2D eigenvalue weighted by atomic mass is 9.90. The van der Waals surface area contributed by atoms with Crippen LogP contribution in [0.25, 0.3) is 0 Å². The molecule has 3 saturated heterocycles. The summed E-state index contributed by atoms with van der Waals surface area (Å²) in [7, 11) is 0. The Kier molecular flexibility index (Phi) is 10.7. The van der Waals surface area contributed by atoms with Crippen LogP contribution in [0.1, 0.15) is 56.1 Å². The number of β-lactam (4-membered cyclic amide) rings is 1. The summed E-state index contributed by atoms with van der Waals surface area (Å²) in [5.41, 5.74) is 3.21. The first-order valence-electron chi connectivity index (χ1n) is 15.7. The third kappa shape index (κ3) is 7.22. The number of aliphatic carboxylic acids is 2. The number of urea groups is 1. The Morgan fingerprint density at radius 3 is 2.49 bits per heavy atom. The maximum absolute atomic E-state index is 13.6. The standard InChI is InChI=1S/C31H32ClN7O12S2/c1-13-10-38(34-8-4-5-17(40)22(43)14-6-7-18(41)23(44)20(14)32)29(50)39(13)31(27(48)49)12-37-24(45)15(25(37)53-31)9-19(42)21(16-11-52-28(33)35-16)36-51-30(2,3)26(46)47/h6-8,11,13,15,25,41,44H,4-5,9-10,12H2,1-3H3,(H2,33,35)(H,46,47)(H,48,49)/b34-8+,36-21-/t13-,15?,25+,31+/m0/s1. The Labute approximate surface area is 313 Å². The predicted molar refractivity (Wildman–Crippen MR) is 188 cm³/mol. The molecule has 4 heterocycles. The smallest absolute Gasteiger partial charge is 0.350 e. The molecule has 3 fully saturated rings. The highest BCUT2D eigenvalue weighted by molar-refractivity contribution is 8.02. The van der Waals surface area contributed by atoms with E-state index in [0.717, 1.165) is 45.1 Å². The number of phenols is 2. The van der Waals surface area contributed by atoms with Crippen LogP contribution in [0.3, 0.4) is 0 Å². The first-order valence-corrected chi connectivity index (χ1v) is 17.8. The van der Waals surface area contributed by atoms with Gasteiger partial charge in [-0.1, -0.05) is 28.5 Å². The van der Waals surface area contributed by atoms with Gasteiger partial charge >= 0.3 is 18.0 Å². The highest BCUT2D eigenvalue weighted by Gasteiger charge is 2.67. The Balaban J connectivity index is 1.26. The minimum Gasteiger partial charge on any atom is -0.504 e. The van der Waals surface area contributed by atoms with E-state index >= 15 is 0 Å². The molecule has 1 aromatic heterocycles. The molecule has 22 heteroatoms. The molecule has 6 N–H and O–H groups in total. The largest absolute Gasteiger partial charge is 0.504 e. The second kappa shape index (κ2) is 14.6. The molecule has 5 rings (SSSR count). The van der Waals surface area contributed by atoms with E-state index in [1.165, 1.54) is 30.3 Å². The lowest BCUT2D eigenvalue weighted by Crippen LogP contribution is -2.60. The van der Waals surface area contributed by atoms with Crippen molar-refractivity contribution < 1.29 is 58.8 Å². The van der Waals surface area contributed by atoms with E-state index in [4.69, 9.17) is 22.2 Å². The number of carbonyl (C=O) groups is 7. The molecule has 4 atom stereocenters. The number of halogens is 1. The molecule has 282 valence electrons. The van der Waals surface area contributed by atoms with Gasteiger partial charge in [-0.15, -0.1) is 11.3 Å². The summed E-state index contributed by atoms with van der Waals surface area (Å²) in [5, 5.41) is 48.2. The van der Waals surface area contributed by atoms with Crippen LogP contribution in [0.4, 0.5) is 9.93 Å². The van der Waals surface area contributed by atoms with Crippen molar-refractivity contribution in [2.75, 3.05) is 18.8 Å². The SMILES string of the molecule is C[C@H]1CN(/N=C/CCC(=O)C(=O)c2ccc(O)c(O)c2Cl)C(=O)N1[C@]1(C(=O)O)CN2C(=O)C(CC(=O)/C(=N\OC(C)(C)C(=O)O)c3csc(N)n3)[C@H]2S1. The summed E-state index contributed by atoms with van der Waals surface area (Å²) >= 11 is 7.68. The number of Topliss-reactive ketones (excluding diaryl/α,β-unsaturated/α-hetero) is 3. The molecule has 19 nitrogen and oxygen atoms in total. The summed E-state index contributed by atoms with van der Waals surface area (Å²) in [6, 6.07) is 0.585. The molecule has 53 heavy (non-hydrogen) atoms. The van der Waals surface area contributed by atoms with Crippen LogP contribution in [0.15, 0.2) is 27.8 Å². The average molecular weight is 794 g/mol. The van der Waals surface area contributed by atoms with E-state index in [1.807, 2.05) is 0 Å². The molecule has 1 unspecified atom stereocenters. The number of hydrogen-bond donors (Lipinski definition) is 5. The molecule has 2 aromatic rings. The molecule has 1 aromatic carbocycles. The van der Waals surface area contributed by atoms with E-state index in [9.17, 15) is 54.0 Å². The zero-order chi connectivity index (χ0) is 39.2. The normalized spacial score (nSPS) is 23.0. The first kappa shape index (κ1) is 38.9. The summed E-state index contributed by atoms with van der Waals surface area (Å²) in [6.07, 6.45) is 0.304. The van der Waals surface area contributed by atoms with E-state index in [-0.39, 0.29) is 48.0 Å². The molecular weight excluding hydrogens is 762 g/mol. The highest BCUT2D eigenvalue weighted by Crippen LogP contribution is 2.53. The van der Waals surface area contributed by atoms with Gasteiger partial charge < -0.3 is 35.9 Å². The van der Waals surface area contributed by atoms with Crippen LogP contribution in [-0.4, -0.2) is 128 Å². The molecule has 3 aliphatic heterocycles. The van der Waals surface area contributed by atoms with Crippen molar-refractivity contribution in [1.82, 2.24) is 19.8 Å². The summed E-state index contributed by atoms with van der Waals surface area (Å²) in [4.78, 5) is 99.4. The Hall–Kier alpha value is -5.28. The maximum atomic E-state index is 13.6. The summed E-state index contributed by atoms with van der Waals surface area (Å²) < 4.78 is 0. The van der Waals surface area contributed by atoms with E-state index < -0.39 is 92.0 Å². The molecule has 0 aliphatic carbocycles. The van der Waals surface area contributed by atoms with Crippen molar-refractivity contribution in [3.63, 3.8) is 0 Å². The number of oxime groups is 1. The number of anilines is 1. The van der Waals surface area contributed by atoms with E-state index in [2.05, 4.69) is 15.2 Å². The van der Waals surface area contributed by atoms with Crippen molar-refractivity contribution >= 4 is 93.0 Å². The third-order valence-electron chi connectivity index (χ3n) is 8.61. The van der Waals surface area contributed by atoms with Gasteiger partial charge in [0, 0.05) is 30.0 Å². The van der Waals surface area contributed by atoms with Crippen molar-refractivity contribution in [3.05, 3.63) is 33.8 Å². The van der Waals surface area contributed by atoms with Crippen molar-refractivity contribution in [2.24, 2.45) is 16.2 Å². The highest BCUT2D eigenvalue weighted by atomic mass is 35.5.